The Morgan fingerprint density at radius 3 is 2.25 bits per heavy atom. The molecule has 0 spiro atoms. The second kappa shape index (κ2) is 14.7. The summed E-state index contributed by atoms with van der Waals surface area (Å²) in [5.74, 6) is -1.19. The van der Waals surface area contributed by atoms with Crippen molar-refractivity contribution in [1.29, 1.82) is 0 Å². The molecule has 3 heterocycles. The molecule has 1 atom stereocenters. The number of rotatable bonds is 9. The summed E-state index contributed by atoms with van der Waals surface area (Å²) in [6, 6.07) is 3.16. The van der Waals surface area contributed by atoms with Crippen LogP contribution in [0.25, 0.3) is 15.2 Å². The maximum absolute atomic E-state index is 14.3. The molecular formula is C30H43FN6O6S. The predicted octanol–water partition coefficient (Wildman–Crippen LogP) is 3.45. The molecular weight excluding hydrogens is 591 g/mol. The number of amides is 1. The third kappa shape index (κ3) is 6.76. The fourth-order valence-electron chi connectivity index (χ4n) is 4.54. The molecule has 0 saturated carbocycles. The number of ether oxygens (including phenoxy) is 1. The number of aliphatic hydroxyl groups excluding tert-OH is 1. The lowest BCUT2D eigenvalue weighted by Crippen LogP contribution is -2.57. The van der Waals surface area contributed by atoms with Crippen molar-refractivity contribution in [2.75, 3.05) is 13.7 Å². The molecule has 0 saturated heterocycles. The van der Waals surface area contributed by atoms with E-state index >= 15 is 0 Å². The normalized spacial score (nSPS) is 12.6. The summed E-state index contributed by atoms with van der Waals surface area (Å²) in [6.07, 6.45) is 2.91. The first-order chi connectivity index (χ1) is 20.8. The van der Waals surface area contributed by atoms with Crippen LogP contribution in [-0.4, -0.2) is 60.0 Å². The third-order valence-corrected chi connectivity index (χ3v) is 7.95. The lowest BCUT2D eigenvalue weighted by atomic mass is 9.93. The zero-order valence-corrected chi connectivity index (χ0v) is 27.7. The standard InChI is InChI=1S/C26H31FN6O6S.2C2H6/c1-14(2)30-23(36)25(4,5)32-20(35)19-15(3)21(33-28-9-10-29-33)40-22(19)31(24(32)37)12-26(38,13-34)17-11-16(27)7-8-18(17)39-6;2*1-2/h7-11,14,34,38H,12-13H2,1-6H3,(H,30,36);2*1-2H3. The number of nitrogens with zero attached hydrogens (tertiary/aromatic N) is 5. The minimum absolute atomic E-state index is 0.0796. The van der Waals surface area contributed by atoms with Crippen LogP contribution in [-0.2, 0) is 22.5 Å². The quantitative estimate of drug-likeness (QED) is 0.253. The molecule has 44 heavy (non-hydrogen) atoms. The molecule has 4 rings (SSSR count). The molecule has 0 aliphatic rings. The number of thiophene rings is 1. The van der Waals surface area contributed by atoms with Crippen LogP contribution in [0.5, 0.6) is 5.75 Å². The largest absolute Gasteiger partial charge is 0.496 e. The van der Waals surface area contributed by atoms with Gasteiger partial charge in [0.1, 0.15) is 32.5 Å². The van der Waals surface area contributed by atoms with E-state index in [2.05, 4.69) is 15.5 Å². The van der Waals surface area contributed by atoms with Crippen molar-refractivity contribution in [2.24, 2.45) is 0 Å². The number of halogens is 1. The van der Waals surface area contributed by atoms with E-state index in [1.54, 1.807) is 20.8 Å². The fraction of sp³-hybridized carbons (Fsp3) is 0.500. The number of benzene rings is 1. The van der Waals surface area contributed by atoms with Gasteiger partial charge in [-0.25, -0.2) is 13.8 Å². The van der Waals surface area contributed by atoms with Gasteiger partial charge in [-0.3, -0.25) is 14.2 Å². The topological polar surface area (TPSA) is 154 Å². The van der Waals surface area contributed by atoms with Crippen LogP contribution in [0.15, 0.2) is 40.2 Å². The first kappa shape index (κ1) is 36.3. The van der Waals surface area contributed by atoms with Gasteiger partial charge in [-0.2, -0.15) is 10.2 Å². The first-order valence-corrected chi connectivity index (χ1v) is 15.2. The van der Waals surface area contributed by atoms with E-state index in [-0.39, 0.29) is 27.6 Å². The van der Waals surface area contributed by atoms with Gasteiger partial charge in [0.15, 0.2) is 0 Å². The van der Waals surface area contributed by atoms with Crippen LogP contribution < -0.4 is 21.3 Å². The Morgan fingerprint density at radius 2 is 1.73 bits per heavy atom. The summed E-state index contributed by atoms with van der Waals surface area (Å²) in [4.78, 5) is 42.7. The van der Waals surface area contributed by atoms with Crippen LogP contribution in [0.4, 0.5) is 4.39 Å². The van der Waals surface area contributed by atoms with Crippen LogP contribution in [0.1, 0.15) is 66.5 Å². The van der Waals surface area contributed by atoms with E-state index in [9.17, 15) is 29.0 Å². The van der Waals surface area contributed by atoms with Crippen LogP contribution in [0.3, 0.4) is 0 Å². The number of methoxy groups -OCH3 is 1. The molecule has 3 aromatic heterocycles. The molecule has 242 valence electrons. The monoisotopic (exact) mass is 634 g/mol. The van der Waals surface area contributed by atoms with Gasteiger partial charge in [-0.1, -0.05) is 39.0 Å². The maximum Gasteiger partial charge on any atom is 0.333 e. The minimum atomic E-state index is -2.22. The highest BCUT2D eigenvalue weighted by Gasteiger charge is 2.39. The fourth-order valence-corrected chi connectivity index (χ4v) is 5.75. The zero-order valence-electron chi connectivity index (χ0n) is 26.9. The summed E-state index contributed by atoms with van der Waals surface area (Å²) in [5, 5.41) is 33.6. The third-order valence-electron chi connectivity index (χ3n) is 6.67. The summed E-state index contributed by atoms with van der Waals surface area (Å²) in [6.45, 7) is 14.5. The van der Waals surface area contributed by atoms with Crippen molar-refractivity contribution in [3.63, 3.8) is 0 Å². The molecule has 3 N–H and O–H groups in total. The van der Waals surface area contributed by atoms with E-state index in [0.717, 1.165) is 32.6 Å². The van der Waals surface area contributed by atoms with Gasteiger partial charge < -0.3 is 20.3 Å². The molecule has 1 unspecified atom stereocenters. The summed E-state index contributed by atoms with van der Waals surface area (Å²) in [7, 11) is 1.32. The molecule has 1 aromatic carbocycles. The summed E-state index contributed by atoms with van der Waals surface area (Å²) in [5.41, 5.74) is -5.17. The molecule has 4 aromatic rings. The molecule has 0 radical (unpaired) electrons. The average Bonchev–Trinajstić information content (AvgIpc) is 3.65. The second-order valence-electron chi connectivity index (χ2n) is 10.3. The van der Waals surface area contributed by atoms with Gasteiger partial charge in [0, 0.05) is 17.2 Å². The number of carbonyl (C=O) groups is 1. The Labute approximate surface area is 259 Å². The van der Waals surface area contributed by atoms with E-state index < -0.39 is 47.3 Å². The SMILES string of the molecule is CC.CC.COc1ccc(F)cc1C(O)(CO)Cn1c(=O)n(C(C)(C)C(=O)NC(C)C)c(=O)c2c(C)c(-n3nccn3)sc21. The van der Waals surface area contributed by atoms with E-state index in [0.29, 0.717) is 10.6 Å². The summed E-state index contributed by atoms with van der Waals surface area (Å²) >= 11 is 1.02. The maximum atomic E-state index is 14.3. The molecule has 1 amide bonds. The Morgan fingerprint density at radius 1 is 1.14 bits per heavy atom. The molecule has 0 fully saturated rings. The smallest absolute Gasteiger partial charge is 0.333 e. The molecule has 0 aliphatic heterocycles. The molecule has 0 aliphatic carbocycles. The van der Waals surface area contributed by atoms with Gasteiger partial charge in [0.25, 0.3) is 5.56 Å². The van der Waals surface area contributed by atoms with Gasteiger partial charge in [0.2, 0.25) is 5.91 Å². The van der Waals surface area contributed by atoms with Crippen molar-refractivity contribution in [3.05, 3.63) is 68.4 Å². The number of aryl methyl sites for hydroxylation is 1. The number of aromatic nitrogens is 5. The average molecular weight is 635 g/mol. The van der Waals surface area contributed by atoms with Crippen molar-refractivity contribution in [2.45, 2.75) is 86.0 Å². The summed E-state index contributed by atoms with van der Waals surface area (Å²) < 4.78 is 21.5. The van der Waals surface area contributed by atoms with Crippen LogP contribution in [0, 0.1) is 12.7 Å². The highest BCUT2D eigenvalue weighted by atomic mass is 32.1. The number of nitrogens with one attached hydrogen (secondary N) is 1. The van der Waals surface area contributed by atoms with Crippen molar-refractivity contribution in [1.82, 2.24) is 29.4 Å². The van der Waals surface area contributed by atoms with Gasteiger partial charge in [-0.15, -0.1) is 4.80 Å². The number of fused-ring (bicyclic) bond motifs is 1. The minimum Gasteiger partial charge on any atom is -0.496 e. The number of aliphatic hydroxyl groups is 2. The first-order valence-electron chi connectivity index (χ1n) is 14.4. The highest BCUT2D eigenvalue weighted by molar-refractivity contribution is 7.21. The Hall–Kier alpha value is -3.88. The van der Waals surface area contributed by atoms with Crippen LogP contribution in [0.2, 0.25) is 0 Å². The Kier molecular flexibility index (Phi) is 12.2. The second-order valence-corrected chi connectivity index (χ2v) is 11.2. The number of carbonyl (C=O) groups excluding carboxylic acids is 1. The van der Waals surface area contributed by atoms with Crippen molar-refractivity contribution >= 4 is 27.5 Å². The molecule has 14 heteroatoms. The Balaban J connectivity index is 0.00000162. The van der Waals surface area contributed by atoms with Gasteiger partial charge in [-0.05, 0) is 52.8 Å². The van der Waals surface area contributed by atoms with E-state index in [1.165, 1.54) is 44.2 Å². The zero-order chi connectivity index (χ0) is 33.6. The van der Waals surface area contributed by atoms with Gasteiger partial charge >= 0.3 is 5.69 Å². The van der Waals surface area contributed by atoms with Gasteiger partial charge in [0.05, 0.1) is 38.0 Å². The van der Waals surface area contributed by atoms with Crippen molar-refractivity contribution < 1.29 is 24.1 Å². The number of hydrogen-bond donors (Lipinski definition) is 3. The lowest BCUT2D eigenvalue weighted by molar-refractivity contribution is -0.129. The lowest BCUT2D eigenvalue weighted by Gasteiger charge is -2.31. The van der Waals surface area contributed by atoms with E-state index in [4.69, 9.17) is 4.74 Å². The van der Waals surface area contributed by atoms with Crippen molar-refractivity contribution in [3.8, 4) is 10.8 Å². The molecule has 12 nitrogen and oxygen atoms in total. The highest BCUT2D eigenvalue weighted by Crippen LogP contribution is 2.35. The van der Waals surface area contributed by atoms with E-state index in [1.807, 2.05) is 27.7 Å². The van der Waals surface area contributed by atoms with Crippen LogP contribution >= 0.6 is 11.3 Å². The number of hydrogen-bond acceptors (Lipinski definition) is 9. The predicted molar refractivity (Wildman–Crippen MR) is 169 cm³/mol. The Bertz CT molecular complexity index is 1690. The molecule has 0 bridgehead atoms.